The molecule has 0 radical (unpaired) electrons. The van der Waals surface area contributed by atoms with Crippen LogP contribution in [0, 0.1) is 16.7 Å². The fourth-order valence-corrected chi connectivity index (χ4v) is 2.88. The van der Waals surface area contributed by atoms with Gasteiger partial charge in [-0.3, -0.25) is 4.79 Å². The van der Waals surface area contributed by atoms with Gasteiger partial charge in [-0.15, -0.1) is 0 Å². The maximum Gasteiger partial charge on any atom is 0.239 e. The summed E-state index contributed by atoms with van der Waals surface area (Å²) in [6.07, 6.45) is 3.02. The van der Waals surface area contributed by atoms with Gasteiger partial charge in [0.05, 0.1) is 6.07 Å². The lowest BCUT2D eigenvalue weighted by Crippen LogP contribution is -2.37. The molecule has 0 unspecified atom stereocenters. The van der Waals surface area contributed by atoms with Gasteiger partial charge in [0.25, 0.3) is 0 Å². The average molecular weight is 254 g/mol. The molecule has 1 aromatic carbocycles. The van der Waals surface area contributed by atoms with E-state index in [9.17, 15) is 10.1 Å². The number of carbonyl (C=O) groups excluding carboxylic acids is 1. The molecule has 2 atom stereocenters. The molecular weight excluding hydrogens is 240 g/mol. The average Bonchev–Trinajstić information content (AvgIpc) is 2.48. The molecule has 0 saturated heterocycles. The van der Waals surface area contributed by atoms with E-state index in [4.69, 9.17) is 5.53 Å². The number of azide groups is 1. The zero-order valence-corrected chi connectivity index (χ0v) is 10.5. The third-order valence-electron chi connectivity index (χ3n) is 3.83. The Bertz CT molecular complexity index is 557. The zero-order valence-electron chi connectivity index (χ0n) is 10.5. The Hall–Kier alpha value is -2.31. The summed E-state index contributed by atoms with van der Waals surface area (Å²) in [5.74, 6) is -0.837. The summed E-state index contributed by atoms with van der Waals surface area (Å²) in [5, 5.41) is 12.7. The molecule has 1 amide bonds. The summed E-state index contributed by atoms with van der Waals surface area (Å²) in [7, 11) is 0. The van der Waals surface area contributed by atoms with Gasteiger partial charge in [0.1, 0.15) is 5.41 Å². The molecule has 0 heterocycles. The predicted molar refractivity (Wildman–Crippen MR) is 69.9 cm³/mol. The molecule has 1 aliphatic carbocycles. The van der Waals surface area contributed by atoms with Crippen molar-refractivity contribution in [3.05, 3.63) is 46.3 Å². The Morgan fingerprint density at radius 2 is 2.16 bits per heavy atom. The lowest BCUT2D eigenvalue weighted by molar-refractivity contribution is -0.127. The van der Waals surface area contributed by atoms with Gasteiger partial charge in [-0.1, -0.05) is 43.2 Å². The van der Waals surface area contributed by atoms with Crippen LogP contribution in [-0.4, -0.2) is 5.91 Å². The van der Waals surface area contributed by atoms with Crippen LogP contribution in [0.2, 0.25) is 0 Å². The minimum absolute atomic E-state index is 0.189. The number of carbonyl (C=O) groups is 1. The van der Waals surface area contributed by atoms with Crippen molar-refractivity contribution in [1.82, 2.24) is 0 Å². The molecule has 5 heteroatoms. The summed E-state index contributed by atoms with van der Waals surface area (Å²) >= 11 is 0. The molecule has 0 spiro atoms. The maximum atomic E-state index is 12.1. The number of hydrogen-bond donors (Lipinski definition) is 0. The van der Waals surface area contributed by atoms with Gasteiger partial charge in [-0.05, 0) is 29.1 Å². The molecule has 1 saturated carbocycles. The highest BCUT2D eigenvalue weighted by molar-refractivity contribution is 5.87. The van der Waals surface area contributed by atoms with Crippen LogP contribution in [0.15, 0.2) is 35.4 Å². The Balaban J connectivity index is 2.47. The Kier molecular flexibility index (Phi) is 3.84. The van der Waals surface area contributed by atoms with Crippen molar-refractivity contribution in [3.63, 3.8) is 0 Å². The van der Waals surface area contributed by atoms with Gasteiger partial charge in [0.2, 0.25) is 5.91 Å². The third kappa shape index (κ3) is 2.31. The first-order valence-corrected chi connectivity index (χ1v) is 6.30. The van der Waals surface area contributed by atoms with Crippen LogP contribution >= 0.6 is 0 Å². The van der Waals surface area contributed by atoms with Crippen molar-refractivity contribution in [2.45, 2.75) is 31.6 Å². The first kappa shape index (κ1) is 13.1. The van der Waals surface area contributed by atoms with Gasteiger partial charge in [0.15, 0.2) is 0 Å². The minimum atomic E-state index is -1.20. The van der Waals surface area contributed by atoms with E-state index in [1.165, 1.54) is 0 Å². The van der Waals surface area contributed by atoms with Crippen molar-refractivity contribution in [2.75, 3.05) is 0 Å². The topological polar surface area (TPSA) is 89.6 Å². The molecule has 0 aromatic heterocycles. The van der Waals surface area contributed by atoms with Gasteiger partial charge < -0.3 is 0 Å². The number of amides is 1. The van der Waals surface area contributed by atoms with E-state index in [-0.39, 0.29) is 5.92 Å². The fourth-order valence-electron chi connectivity index (χ4n) is 2.88. The van der Waals surface area contributed by atoms with E-state index in [0.717, 1.165) is 24.8 Å². The van der Waals surface area contributed by atoms with Crippen LogP contribution in [0.4, 0.5) is 0 Å². The van der Waals surface area contributed by atoms with E-state index in [0.29, 0.717) is 6.42 Å². The first-order valence-electron chi connectivity index (χ1n) is 6.30. The Labute approximate surface area is 111 Å². The highest BCUT2D eigenvalue weighted by Gasteiger charge is 2.47. The van der Waals surface area contributed by atoms with Crippen LogP contribution in [-0.2, 0) is 4.79 Å². The first-order chi connectivity index (χ1) is 9.24. The Morgan fingerprint density at radius 1 is 1.42 bits per heavy atom. The smallest absolute Gasteiger partial charge is 0.239 e. The molecule has 1 fully saturated rings. The number of nitriles is 1. The van der Waals surface area contributed by atoms with Crippen molar-refractivity contribution in [1.29, 1.82) is 5.26 Å². The SMILES string of the molecule is N#C[C@@]1(C(=O)N=[N+]=[N-])CCCC[C@H]1c1ccccc1. The molecule has 19 heavy (non-hydrogen) atoms. The van der Waals surface area contributed by atoms with E-state index < -0.39 is 11.3 Å². The third-order valence-corrected chi connectivity index (χ3v) is 3.83. The van der Waals surface area contributed by atoms with Gasteiger partial charge in [-0.2, -0.15) is 5.26 Å². The quantitative estimate of drug-likeness (QED) is 0.457. The van der Waals surface area contributed by atoms with Crippen molar-refractivity contribution in [2.24, 2.45) is 10.5 Å². The van der Waals surface area contributed by atoms with E-state index in [1.54, 1.807) is 0 Å². The second-order valence-corrected chi connectivity index (χ2v) is 4.79. The second-order valence-electron chi connectivity index (χ2n) is 4.79. The van der Waals surface area contributed by atoms with E-state index in [1.807, 2.05) is 30.3 Å². The van der Waals surface area contributed by atoms with Crippen LogP contribution in [0.1, 0.15) is 37.2 Å². The summed E-state index contributed by atoms with van der Waals surface area (Å²) in [6, 6.07) is 11.7. The van der Waals surface area contributed by atoms with Crippen molar-refractivity contribution in [3.8, 4) is 6.07 Å². The van der Waals surface area contributed by atoms with Crippen LogP contribution in [0.5, 0.6) is 0 Å². The van der Waals surface area contributed by atoms with Gasteiger partial charge in [0, 0.05) is 10.8 Å². The molecule has 1 aromatic rings. The number of benzene rings is 1. The highest BCUT2D eigenvalue weighted by Crippen LogP contribution is 2.47. The molecule has 5 nitrogen and oxygen atoms in total. The normalized spacial score (nSPS) is 25.9. The summed E-state index contributed by atoms with van der Waals surface area (Å²) in [5.41, 5.74) is 8.22. The van der Waals surface area contributed by atoms with Crippen LogP contribution in [0.25, 0.3) is 10.4 Å². The molecule has 0 aliphatic heterocycles. The lowest BCUT2D eigenvalue weighted by Gasteiger charge is -2.36. The fraction of sp³-hybridized carbons (Fsp3) is 0.429. The summed E-state index contributed by atoms with van der Waals surface area (Å²) < 4.78 is 0. The molecule has 0 N–H and O–H groups in total. The highest BCUT2D eigenvalue weighted by atomic mass is 16.2. The maximum absolute atomic E-state index is 12.1. The number of hydrogen-bond acceptors (Lipinski definition) is 2. The number of rotatable bonds is 2. The lowest BCUT2D eigenvalue weighted by atomic mass is 9.64. The van der Waals surface area contributed by atoms with Crippen LogP contribution < -0.4 is 0 Å². The summed E-state index contributed by atoms with van der Waals surface area (Å²) in [4.78, 5) is 14.6. The summed E-state index contributed by atoms with van der Waals surface area (Å²) in [6.45, 7) is 0. The Morgan fingerprint density at radius 3 is 2.79 bits per heavy atom. The molecule has 0 bridgehead atoms. The monoisotopic (exact) mass is 254 g/mol. The van der Waals surface area contributed by atoms with Crippen molar-refractivity contribution < 1.29 is 4.79 Å². The van der Waals surface area contributed by atoms with Crippen LogP contribution in [0.3, 0.4) is 0 Å². The molecular formula is C14H14N4O. The predicted octanol–water partition coefficient (Wildman–Crippen LogP) is 3.69. The van der Waals surface area contributed by atoms with Gasteiger partial charge >= 0.3 is 0 Å². The van der Waals surface area contributed by atoms with Gasteiger partial charge in [-0.25, -0.2) is 0 Å². The largest absolute Gasteiger partial charge is 0.291 e. The van der Waals surface area contributed by atoms with E-state index in [2.05, 4.69) is 16.1 Å². The molecule has 96 valence electrons. The van der Waals surface area contributed by atoms with E-state index >= 15 is 0 Å². The molecule has 2 rings (SSSR count). The zero-order chi connectivity index (χ0) is 13.7. The standard InChI is InChI=1S/C14H14N4O/c15-10-14(13(19)17-18-16)9-5-4-8-12(14)11-6-2-1-3-7-11/h1-3,6-7,12H,4-5,8-9H2/t12-,14-/m0/s1. The second kappa shape index (κ2) is 5.55. The van der Waals surface area contributed by atoms with Crippen molar-refractivity contribution >= 4 is 5.91 Å². The molecule has 1 aliphatic rings. The number of nitrogens with zero attached hydrogens (tertiary/aromatic N) is 4. The minimum Gasteiger partial charge on any atom is -0.291 e.